The Morgan fingerprint density at radius 2 is 2.18 bits per heavy atom. The number of carbonyl (C=O) groups is 1. The van der Waals surface area contributed by atoms with E-state index in [9.17, 15) is 4.79 Å². The standard InChI is InChI=1S/C15H19N5O2/c16-8-12-6-7-13(22-12)15(21)17-9-14-19-18-10-20(14)11-4-2-1-3-5-11/h1-5,10,12-13H,6-9,16H2,(H,17,21)/t12-,13+/m1/s1. The number of benzene rings is 1. The molecule has 3 N–H and O–H groups in total. The highest BCUT2D eigenvalue weighted by molar-refractivity contribution is 5.80. The number of para-hydroxylation sites is 1. The molecule has 1 aliphatic heterocycles. The van der Waals surface area contributed by atoms with E-state index in [-0.39, 0.29) is 12.0 Å². The van der Waals surface area contributed by atoms with E-state index in [1.165, 1.54) is 0 Å². The van der Waals surface area contributed by atoms with Gasteiger partial charge in [-0.2, -0.15) is 0 Å². The summed E-state index contributed by atoms with van der Waals surface area (Å²) in [4.78, 5) is 12.1. The van der Waals surface area contributed by atoms with Crippen LogP contribution in [0.15, 0.2) is 36.7 Å². The van der Waals surface area contributed by atoms with Crippen molar-refractivity contribution in [1.29, 1.82) is 0 Å². The number of amides is 1. The molecule has 7 nitrogen and oxygen atoms in total. The molecule has 1 fully saturated rings. The monoisotopic (exact) mass is 301 g/mol. The molecule has 1 saturated heterocycles. The minimum Gasteiger partial charge on any atom is -0.364 e. The Hall–Kier alpha value is -2.25. The van der Waals surface area contributed by atoms with Gasteiger partial charge in [0.2, 0.25) is 5.91 Å². The maximum atomic E-state index is 12.1. The molecular weight excluding hydrogens is 282 g/mol. The lowest BCUT2D eigenvalue weighted by Gasteiger charge is -2.13. The lowest BCUT2D eigenvalue weighted by atomic mass is 10.2. The number of carbonyl (C=O) groups excluding carboxylic acids is 1. The van der Waals surface area contributed by atoms with E-state index in [0.717, 1.165) is 12.1 Å². The van der Waals surface area contributed by atoms with Crippen molar-refractivity contribution in [2.75, 3.05) is 6.54 Å². The van der Waals surface area contributed by atoms with Crippen LogP contribution in [0, 0.1) is 0 Å². The molecule has 2 atom stereocenters. The summed E-state index contributed by atoms with van der Waals surface area (Å²) >= 11 is 0. The summed E-state index contributed by atoms with van der Waals surface area (Å²) in [5, 5.41) is 10.8. The molecule has 0 bridgehead atoms. The second-order valence-electron chi connectivity index (χ2n) is 5.23. The number of nitrogens with two attached hydrogens (primary N) is 1. The maximum absolute atomic E-state index is 12.1. The fraction of sp³-hybridized carbons (Fsp3) is 0.400. The summed E-state index contributed by atoms with van der Waals surface area (Å²) in [5.41, 5.74) is 6.51. The van der Waals surface area contributed by atoms with Crippen LogP contribution in [0.2, 0.25) is 0 Å². The normalized spacial score (nSPS) is 21.0. The second kappa shape index (κ2) is 6.67. The van der Waals surface area contributed by atoms with Gasteiger partial charge in [-0.15, -0.1) is 10.2 Å². The number of nitrogens with one attached hydrogen (secondary N) is 1. The number of aromatic nitrogens is 3. The van der Waals surface area contributed by atoms with E-state index in [0.29, 0.717) is 25.3 Å². The topological polar surface area (TPSA) is 95.1 Å². The number of nitrogens with zero attached hydrogens (tertiary/aromatic N) is 3. The van der Waals surface area contributed by atoms with Crippen LogP contribution in [-0.4, -0.2) is 39.4 Å². The third kappa shape index (κ3) is 3.15. The molecule has 1 amide bonds. The van der Waals surface area contributed by atoms with Crippen LogP contribution in [0.25, 0.3) is 5.69 Å². The Kier molecular flexibility index (Phi) is 4.45. The van der Waals surface area contributed by atoms with E-state index in [1.54, 1.807) is 6.33 Å². The quantitative estimate of drug-likeness (QED) is 0.833. The van der Waals surface area contributed by atoms with Gasteiger partial charge >= 0.3 is 0 Å². The summed E-state index contributed by atoms with van der Waals surface area (Å²) in [5.74, 6) is 0.548. The molecule has 2 aromatic rings. The highest BCUT2D eigenvalue weighted by atomic mass is 16.5. The molecule has 1 aromatic heterocycles. The first-order valence-electron chi connectivity index (χ1n) is 7.35. The van der Waals surface area contributed by atoms with Crippen LogP contribution in [-0.2, 0) is 16.1 Å². The van der Waals surface area contributed by atoms with Gasteiger partial charge in [0, 0.05) is 12.2 Å². The Bertz CT molecular complexity index is 628. The number of rotatable bonds is 5. The van der Waals surface area contributed by atoms with E-state index in [4.69, 9.17) is 10.5 Å². The highest BCUT2D eigenvalue weighted by Crippen LogP contribution is 2.19. The summed E-state index contributed by atoms with van der Waals surface area (Å²) < 4.78 is 7.42. The van der Waals surface area contributed by atoms with Crippen molar-refractivity contribution in [2.45, 2.75) is 31.6 Å². The lowest BCUT2D eigenvalue weighted by molar-refractivity contribution is -0.132. The molecule has 0 aliphatic carbocycles. The molecule has 2 heterocycles. The molecule has 0 spiro atoms. The molecular formula is C15H19N5O2. The fourth-order valence-electron chi connectivity index (χ4n) is 2.54. The SMILES string of the molecule is NC[C@H]1CC[C@@H](C(=O)NCc2nncn2-c2ccccc2)O1. The van der Waals surface area contributed by atoms with Gasteiger partial charge in [0.25, 0.3) is 0 Å². The smallest absolute Gasteiger partial charge is 0.249 e. The molecule has 3 rings (SSSR count). The van der Waals surface area contributed by atoms with Gasteiger partial charge < -0.3 is 15.8 Å². The van der Waals surface area contributed by atoms with Crippen LogP contribution >= 0.6 is 0 Å². The van der Waals surface area contributed by atoms with Crippen molar-refractivity contribution in [1.82, 2.24) is 20.1 Å². The third-order valence-electron chi connectivity index (χ3n) is 3.74. The summed E-state index contributed by atoms with van der Waals surface area (Å²) in [6.45, 7) is 0.757. The van der Waals surface area contributed by atoms with Gasteiger partial charge in [0.1, 0.15) is 12.4 Å². The molecule has 0 unspecified atom stereocenters. The zero-order chi connectivity index (χ0) is 15.4. The van der Waals surface area contributed by atoms with E-state index >= 15 is 0 Å². The van der Waals surface area contributed by atoms with E-state index < -0.39 is 6.10 Å². The Balaban J connectivity index is 1.61. The fourth-order valence-corrected chi connectivity index (χ4v) is 2.54. The largest absolute Gasteiger partial charge is 0.364 e. The predicted molar refractivity (Wildman–Crippen MR) is 80.2 cm³/mol. The van der Waals surface area contributed by atoms with Crippen molar-refractivity contribution < 1.29 is 9.53 Å². The van der Waals surface area contributed by atoms with Crippen molar-refractivity contribution in [3.63, 3.8) is 0 Å². The van der Waals surface area contributed by atoms with Crippen molar-refractivity contribution in [3.05, 3.63) is 42.5 Å². The number of hydrogen-bond donors (Lipinski definition) is 2. The first kappa shape index (κ1) is 14.7. The Morgan fingerprint density at radius 3 is 2.91 bits per heavy atom. The number of hydrogen-bond acceptors (Lipinski definition) is 5. The van der Waals surface area contributed by atoms with Crippen molar-refractivity contribution in [2.24, 2.45) is 5.73 Å². The van der Waals surface area contributed by atoms with Crippen LogP contribution in [0.5, 0.6) is 0 Å². The first-order chi connectivity index (χ1) is 10.8. The van der Waals surface area contributed by atoms with Crippen LogP contribution < -0.4 is 11.1 Å². The average Bonchev–Trinajstić information content (AvgIpc) is 3.22. The van der Waals surface area contributed by atoms with Crippen molar-refractivity contribution >= 4 is 5.91 Å². The van der Waals surface area contributed by atoms with Crippen LogP contribution in [0.1, 0.15) is 18.7 Å². The minimum absolute atomic E-state index is 0.0104. The Morgan fingerprint density at radius 1 is 1.36 bits per heavy atom. The van der Waals surface area contributed by atoms with E-state index in [2.05, 4.69) is 15.5 Å². The summed E-state index contributed by atoms with van der Waals surface area (Å²) in [6.07, 6.45) is 2.74. The maximum Gasteiger partial charge on any atom is 0.249 e. The molecule has 1 aromatic carbocycles. The minimum atomic E-state index is -0.415. The average molecular weight is 301 g/mol. The molecule has 0 saturated carbocycles. The molecule has 7 heteroatoms. The summed E-state index contributed by atoms with van der Waals surface area (Å²) in [7, 11) is 0. The Labute approximate surface area is 128 Å². The lowest BCUT2D eigenvalue weighted by Crippen LogP contribution is -2.35. The summed E-state index contributed by atoms with van der Waals surface area (Å²) in [6, 6.07) is 9.75. The molecule has 116 valence electrons. The van der Waals surface area contributed by atoms with Gasteiger partial charge in [-0.1, -0.05) is 18.2 Å². The zero-order valence-electron chi connectivity index (χ0n) is 12.2. The van der Waals surface area contributed by atoms with Gasteiger partial charge in [0.05, 0.1) is 12.6 Å². The molecule has 1 aliphatic rings. The van der Waals surface area contributed by atoms with Crippen molar-refractivity contribution in [3.8, 4) is 5.69 Å². The van der Waals surface area contributed by atoms with Crippen LogP contribution in [0.3, 0.4) is 0 Å². The van der Waals surface area contributed by atoms with Gasteiger partial charge in [-0.3, -0.25) is 9.36 Å². The zero-order valence-corrected chi connectivity index (χ0v) is 12.2. The predicted octanol–water partition coefficient (Wildman–Crippen LogP) is 0.390. The van der Waals surface area contributed by atoms with Gasteiger partial charge in [-0.05, 0) is 25.0 Å². The molecule has 0 radical (unpaired) electrons. The highest BCUT2D eigenvalue weighted by Gasteiger charge is 2.29. The van der Waals surface area contributed by atoms with E-state index in [1.807, 2.05) is 34.9 Å². The molecule has 22 heavy (non-hydrogen) atoms. The van der Waals surface area contributed by atoms with Gasteiger partial charge in [-0.25, -0.2) is 0 Å². The van der Waals surface area contributed by atoms with Gasteiger partial charge in [0.15, 0.2) is 5.82 Å². The third-order valence-corrected chi connectivity index (χ3v) is 3.74. The van der Waals surface area contributed by atoms with Crippen LogP contribution in [0.4, 0.5) is 0 Å². The number of ether oxygens (including phenoxy) is 1. The first-order valence-corrected chi connectivity index (χ1v) is 7.35. The second-order valence-corrected chi connectivity index (χ2v) is 5.23.